The Balaban J connectivity index is 4.20. The highest BCUT2D eigenvalue weighted by atomic mass is 15.0. The maximum atomic E-state index is 4.05. The van der Waals surface area contributed by atoms with Gasteiger partial charge >= 0.3 is 0 Å². The van der Waals surface area contributed by atoms with Crippen molar-refractivity contribution in [1.29, 1.82) is 0 Å². The molecule has 0 heterocycles. The Morgan fingerprint density at radius 3 is 1.83 bits per heavy atom. The number of hydrogen-bond acceptors (Lipinski definition) is 1. The Labute approximate surface area is 77.2 Å². The van der Waals surface area contributed by atoms with E-state index in [1.54, 1.807) is 0 Å². The summed E-state index contributed by atoms with van der Waals surface area (Å²) in [6.07, 6.45) is 1.11. The molecule has 0 bridgehead atoms. The van der Waals surface area contributed by atoms with E-state index >= 15 is 0 Å². The molecule has 0 spiro atoms. The monoisotopic (exact) mass is 169 g/mol. The Hall–Kier alpha value is -0.460. The van der Waals surface area contributed by atoms with Crippen molar-refractivity contribution in [1.82, 2.24) is 5.32 Å². The van der Waals surface area contributed by atoms with Crippen LogP contribution in [-0.4, -0.2) is 5.54 Å². The Morgan fingerprint density at radius 1 is 1.17 bits per heavy atom. The first kappa shape index (κ1) is 11.5. The zero-order chi connectivity index (χ0) is 9.99. The maximum absolute atomic E-state index is 4.05. The van der Waals surface area contributed by atoms with Gasteiger partial charge in [-0.15, -0.1) is 0 Å². The van der Waals surface area contributed by atoms with Gasteiger partial charge < -0.3 is 5.32 Å². The predicted molar refractivity (Wildman–Crippen MR) is 56.1 cm³/mol. The van der Waals surface area contributed by atoms with Crippen LogP contribution in [0.4, 0.5) is 0 Å². The summed E-state index contributed by atoms with van der Waals surface area (Å²) in [6, 6.07) is 0. The van der Waals surface area contributed by atoms with Crippen molar-refractivity contribution >= 4 is 0 Å². The molecule has 72 valence electrons. The lowest BCUT2D eigenvalue weighted by Crippen LogP contribution is -2.40. The van der Waals surface area contributed by atoms with Crippen LogP contribution in [0.1, 0.15) is 48.0 Å². The van der Waals surface area contributed by atoms with Crippen LogP contribution in [0.2, 0.25) is 0 Å². The topological polar surface area (TPSA) is 12.0 Å². The van der Waals surface area contributed by atoms with E-state index in [1.165, 1.54) is 0 Å². The largest absolute Gasteiger partial charge is 0.384 e. The van der Waals surface area contributed by atoms with Crippen molar-refractivity contribution in [3.05, 3.63) is 12.3 Å². The molecule has 0 aromatic carbocycles. The fourth-order valence-electron chi connectivity index (χ4n) is 0.684. The van der Waals surface area contributed by atoms with E-state index in [0.717, 1.165) is 12.1 Å². The molecule has 0 aliphatic carbocycles. The summed E-state index contributed by atoms with van der Waals surface area (Å²) in [5, 5.41) is 3.45. The molecule has 1 N–H and O–H groups in total. The van der Waals surface area contributed by atoms with Gasteiger partial charge in [0.25, 0.3) is 0 Å². The molecule has 0 amide bonds. The summed E-state index contributed by atoms with van der Waals surface area (Å²) in [7, 11) is 0. The van der Waals surface area contributed by atoms with Crippen LogP contribution < -0.4 is 5.32 Å². The summed E-state index contributed by atoms with van der Waals surface area (Å²) in [5.74, 6) is 0. The average Bonchev–Trinajstić information content (AvgIpc) is 1.85. The second-order valence-electron chi connectivity index (χ2n) is 5.09. The minimum absolute atomic E-state index is 0.159. The van der Waals surface area contributed by atoms with Crippen molar-refractivity contribution < 1.29 is 0 Å². The van der Waals surface area contributed by atoms with Crippen LogP contribution in [0.3, 0.4) is 0 Å². The zero-order valence-electron chi connectivity index (χ0n) is 9.41. The van der Waals surface area contributed by atoms with Crippen molar-refractivity contribution in [2.24, 2.45) is 5.41 Å². The Morgan fingerprint density at radius 2 is 1.58 bits per heavy atom. The quantitative estimate of drug-likeness (QED) is 0.683. The van der Waals surface area contributed by atoms with Gasteiger partial charge in [0.05, 0.1) is 0 Å². The lowest BCUT2D eigenvalue weighted by atomic mass is 9.90. The number of hydrogen-bond donors (Lipinski definition) is 1. The Kier molecular flexibility index (Phi) is 3.37. The van der Waals surface area contributed by atoms with Crippen LogP contribution in [0, 0.1) is 5.41 Å². The van der Waals surface area contributed by atoms with E-state index in [2.05, 4.69) is 53.4 Å². The van der Waals surface area contributed by atoms with Gasteiger partial charge in [0, 0.05) is 16.7 Å². The van der Waals surface area contributed by atoms with Crippen molar-refractivity contribution in [3.63, 3.8) is 0 Å². The first-order valence-corrected chi connectivity index (χ1v) is 4.66. The average molecular weight is 169 g/mol. The van der Waals surface area contributed by atoms with Gasteiger partial charge in [-0.3, -0.25) is 0 Å². The first-order chi connectivity index (χ1) is 5.19. The van der Waals surface area contributed by atoms with E-state index in [4.69, 9.17) is 0 Å². The van der Waals surface area contributed by atoms with Crippen LogP contribution in [-0.2, 0) is 0 Å². The predicted octanol–water partition coefficient (Wildman–Crippen LogP) is 3.32. The minimum atomic E-state index is 0.159. The number of nitrogens with one attached hydrogen (secondary N) is 1. The number of rotatable bonds is 3. The lowest BCUT2D eigenvalue weighted by molar-refractivity contribution is 0.354. The van der Waals surface area contributed by atoms with E-state index in [1.807, 2.05) is 0 Å². The van der Waals surface area contributed by atoms with Gasteiger partial charge in [0.2, 0.25) is 0 Å². The molecular formula is C11H23N. The van der Waals surface area contributed by atoms with Crippen molar-refractivity contribution in [2.45, 2.75) is 53.5 Å². The second-order valence-corrected chi connectivity index (χ2v) is 5.09. The fraction of sp³-hybridized carbons (Fsp3) is 0.818. The van der Waals surface area contributed by atoms with Gasteiger partial charge in [-0.25, -0.2) is 0 Å². The first-order valence-electron chi connectivity index (χ1n) is 4.66. The molecule has 0 aliphatic rings. The highest BCUT2D eigenvalue weighted by Gasteiger charge is 2.21. The molecule has 0 rings (SSSR count). The van der Waals surface area contributed by atoms with Gasteiger partial charge in [-0.2, -0.15) is 0 Å². The lowest BCUT2D eigenvalue weighted by Gasteiger charge is -2.33. The van der Waals surface area contributed by atoms with Gasteiger partial charge in [-0.05, 0) is 20.3 Å². The molecule has 1 nitrogen and oxygen atoms in total. The molecule has 0 saturated heterocycles. The molecule has 0 saturated carbocycles. The van der Waals surface area contributed by atoms with E-state index in [-0.39, 0.29) is 11.0 Å². The second kappa shape index (κ2) is 3.51. The van der Waals surface area contributed by atoms with Crippen LogP contribution in [0.5, 0.6) is 0 Å². The summed E-state index contributed by atoms with van der Waals surface area (Å²) < 4.78 is 0. The normalized spacial score (nSPS) is 12.8. The molecule has 0 aromatic heterocycles. The summed E-state index contributed by atoms with van der Waals surface area (Å²) in [5.41, 5.74) is 1.45. The molecular weight excluding hydrogens is 146 g/mol. The third-order valence-corrected chi connectivity index (χ3v) is 2.28. The highest BCUT2D eigenvalue weighted by Crippen LogP contribution is 2.24. The van der Waals surface area contributed by atoms with Gasteiger partial charge in [0.1, 0.15) is 0 Å². The molecule has 0 atom stereocenters. The van der Waals surface area contributed by atoms with Crippen LogP contribution in [0.25, 0.3) is 0 Å². The van der Waals surface area contributed by atoms with Crippen molar-refractivity contribution in [2.75, 3.05) is 0 Å². The van der Waals surface area contributed by atoms with Gasteiger partial charge in [-0.1, -0.05) is 34.3 Å². The highest BCUT2D eigenvalue weighted by molar-refractivity contribution is 5.05. The summed E-state index contributed by atoms with van der Waals surface area (Å²) >= 11 is 0. The SMILES string of the molecule is C=C(NC(C)(C)CC)C(C)(C)C. The van der Waals surface area contributed by atoms with Gasteiger partial charge in [0.15, 0.2) is 0 Å². The molecule has 0 aromatic rings. The fourth-order valence-corrected chi connectivity index (χ4v) is 0.684. The van der Waals surface area contributed by atoms with Crippen molar-refractivity contribution in [3.8, 4) is 0 Å². The molecule has 1 heteroatoms. The third-order valence-electron chi connectivity index (χ3n) is 2.28. The standard InChI is InChI=1S/C11H23N/c1-8-11(6,7)12-9(2)10(3,4)5/h12H,2,8H2,1,3-7H3. The van der Waals surface area contributed by atoms with Crippen LogP contribution in [0.15, 0.2) is 12.3 Å². The maximum Gasteiger partial charge on any atom is 0.0311 e. The van der Waals surface area contributed by atoms with E-state index in [9.17, 15) is 0 Å². The molecule has 12 heavy (non-hydrogen) atoms. The Bertz CT molecular complexity index is 160. The molecule has 0 radical (unpaired) electrons. The smallest absolute Gasteiger partial charge is 0.0311 e. The summed E-state index contributed by atoms with van der Waals surface area (Å²) in [4.78, 5) is 0. The summed E-state index contributed by atoms with van der Waals surface area (Å²) in [6.45, 7) is 17.2. The van der Waals surface area contributed by atoms with Crippen LogP contribution >= 0.6 is 0 Å². The molecule has 0 fully saturated rings. The molecule has 0 aliphatic heterocycles. The zero-order valence-corrected chi connectivity index (χ0v) is 9.41. The minimum Gasteiger partial charge on any atom is -0.384 e. The molecule has 0 unspecified atom stereocenters. The number of allylic oxidation sites excluding steroid dienone is 1. The van der Waals surface area contributed by atoms with E-state index < -0.39 is 0 Å². The van der Waals surface area contributed by atoms with E-state index in [0.29, 0.717) is 0 Å². The third kappa shape index (κ3) is 3.80.